The summed E-state index contributed by atoms with van der Waals surface area (Å²) in [5.41, 5.74) is -0.150. The van der Waals surface area contributed by atoms with Gasteiger partial charge in [0.15, 0.2) is 0 Å². The second-order valence-corrected chi connectivity index (χ2v) is 9.51. The van der Waals surface area contributed by atoms with E-state index in [1.807, 2.05) is 13.8 Å². The molecule has 1 aromatic carbocycles. The average molecular weight is 377 g/mol. The van der Waals surface area contributed by atoms with Crippen LogP contribution in [-0.2, 0) is 19.8 Å². The monoisotopic (exact) mass is 377 g/mol. The second kappa shape index (κ2) is 8.54. The van der Waals surface area contributed by atoms with Crippen LogP contribution in [0.2, 0.25) is 0 Å². The first kappa shape index (κ1) is 20.5. The first-order valence-electron chi connectivity index (χ1n) is 7.54. The van der Waals surface area contributed by atoms with Crippen molar-refractivity contribution in [2.75, 3.05) is 31.6 Å². The van der Waals surface area contributed by atoms with Crippen molar-refractivity contribution >= 4 is 25.4 Å². The third-order valence-corrected chi connectivity index (χ3v) is 7.36. The molecule has 0 fully saturated rings. The Morgan fingerprint density at radius 2 is 1.67 bits per heavy atom. The van der Waals surface area contributed by atoms with Crippen molar-refractivity contribution in [1.82, 2.24) is 4.90 Å². The molecule has 0 N–H and O–H groups in total. The fraction of sp³-hybridized carbons (Fsp3) is 0.571. The summed E-state index contributed by atoms with van der Waals surface area (Å²) in [5, 5.41) is 10.7. The van der Waals surface area contributed by atoms with E-state index in [2.05, 4.69) is 8.67 Å². The topological polar surface area (TPSA) is 110 Å². The van der Waals surface area contributed by atoms with Gasteiger partial charge in [0.2, 0.25) is 0 Å². The maximum Gasteiger partial charge on any atom is 0.269 e. The number of rotatable bonds is 9. The van der Waals surface area contributed by atoms with Crippen LogP contribution in [-0.4, -0.2) is 54.1 Å². The molecule has 0 heterocycles. The Kier molecular flexibility index (Phi) is 7.30. The molecule has 0 saturated heterocycles. The predicted molar refractivity (Wildman–Crippen MR) is 94.0 cm³/mol. The highest BCUT2D eigenvalue weighted by molar-refractivity contribution is 8.03. The largest absolute Gasteiger partial charge is 0.304 e. The summed E-state index contributed by atoms with van der Waals surface area (Å²) in [6.45, 7) is 6.39. The highest BCUT2D eigenvalue weighted by Crippen LogP contribution is 2.20. The zero-order chi connectivity index (χ0) is 18.4. The van der Waals surface area contributed by atoms with Crippen LogP contribution in [0, 0.1) is 10.1 Å². The zero-order valence-corrected chi connectivity index (χ0v) is 15.7. The first-order chi connectivity index (χ1) is 11.1. The third-order valence-electron chi connectivity index (χ3n) is 3.46. The summed E-state index contributed by atoms with van der Waals surface area (Å²) in [5.74, 6) is 0.0778. The quantitative estimate of drug-likeness (QED) is 0.481. The lowest BCUT2D eigenvalue weighted by molar-refractivity contribution is -0.384. The van der Waals surface area contributed by atoms with E-state index in [9.17, 15) is 22.7 Å². The Bertz CT molecular complexity index is 777. The SMILES string of the molecule is CCN(CC)CCCS(=O)(=NS(C)(=O)=O)c1ccc([N+](=O)[O-])cc1. The number of nitrogens with zero attached hydrogens (tertiary/aromatic N) is 3. The molecule has 136 valence electrons. The van der Waals surface area contributed by atoms with Gasteiger partial charge in [0.1, 0.15) is 0 Å². The van der Waals surface area contributed by atoms with Crippen LogP contribution in [0.15, 0.2) is 32.9 Å². The molecule has 0 bridgehead atoms. The molecule has 0 radical (unpaired) electrons. The summed E-state index contributed by atoms with van der Waals surface area (Å²) < 4.78 is 39.7. The van der Waals surface area contributed by atoms with Gasteiger partial charge in [-0.25, -0.2) is 12.6 Å². The summed E-state index contributed by atoms with van der Waals surface area (Å²) >= 11 is 0. The van der Waals surface area contributed by atoms with Crippen LogP contribution in [0.3, 0.4) is 0 Å². The number of nitro groups is 1. The summed E-state index contributed by atoms with van der Waals surface area (Å²) in [6.07, 6.45) is 1.40. The molecule has 0 aromatic heterocycles. The number of hydrogen-bond acceptors (Lipinski definition) is 6. The lowest BCUT2D eigenvalue weighted by Crippen LogP contribution is -2.25. The summed E-state index contributed by atoms with van der Waals surface area (Å²) in [6, 6.07) is 5.04. The zero-order valence-electron chi connectivity index (χ0n) is 14.0. The molecule has 8 nitrogen and oxygen atoms in total. The molecule has 24 heavy (non-hydrogen) atoms. The minimum absolute atomic E-state index is 0.0778. The van der Waals surface area contributed by atoms with Crippen molar-refractivity contribution < 1.29 is 17.6 Å². The van der Waals surface area contributed by atoms with Crippen molar-refractivity contribution in [2.45, 2.75) is 25.2 Å². The van der Waals surface area contributed by atoms with Crippen molar-refractivity contribution in [3.63, 3.8) is 0 Å². The Morgan fingerprint density at radius 1 is 1.12 bits per heavy atom. The van der Waals surface area contributed by atoms with Gasteiger partial charge in [-0.1, -0.05) is 13.8 Å². The normalized spacial score (nSPS) is 14.3. The molecule has 1 atom stereocenters. The van der Waals surface area contributed by atoms with E-state index in [0.717, 1.165) is 19.3 Å². The van der Waals surface area contributed by atoms with E-state index in [4.69, 9.17) is 0 Å². The lowest BCUT2D eigenvalue weighted by Gasteiger charge is -2.18. The molecule has 0 aliphatic heterocycles. The van der Waals surface area contributed by atoms with E-state index >= 15 is 0 Å². The third kappa shape index (κ3) is 6.17. The molecule has 1 rings (SSSR count). The molecule has 0 saturated carbocycles. The van der Waals surface area contributed by atoms with Crippen molar-refractivity contribution in [1.29, 1.82) is 0 Å². The van der Waals surface area contributed by atoms with Gasteiger partial charge in [0.05, 0.1) is 20.9 Å². The van der Waals surface area contributed by atoms with E-state index < -0.39 is 24.7 Å². The van der Waals surface area contributed by atoms with Crippen molar-refractivity contribution in [3.05, 3.63) is 34.4 Å². The van der Waals surface area contributed by atoms with Gasteiger partial charge in [0, 0.05) is 22.8 Å². The summed E-state index contributed by atoms with van der Waals surface area (Å²) in [7, 11) is -7.01. The lowest BCUT2D eigenvalue weighted by atomic mass is 10.3. The van der Waals surface area contributed by atoms with Gasteiger partial charge < -0.3 is 4.90 Å². The molecule has 0 aliphatic carbocycles. The highest BCUT2D eigenvalue weighted by Gasteiger charge is 2.18. The molecule has 1 unspecified atom stereocenters. The van der Waals surface area contributed by atoms with Gasteiger partial charge in [0.25, 0.3) is 15.7 Å². The number of hydrogen-bond donors (Lipinski definition) is 0. The van der Waals surface area contributed by atoms with Gasteiger partial charge in [-0.05, 0) is 38.2 Å². The van der Waals surface area contributed by atoms with E-state index in [-0.39, 0.29) is 16.3 Å². The van der Waals surface area contributed by atoms with Crippen LogP contribution in [0.1, 0.15) is 20.3 Å². The Labute approximate surface area is 143 Å². The van der Waals surface area contributed by atoms with Gasteiger partial charge >= 0.3 is 0 Å². The molecule has 0 aliphatic rings. The maximum atomic E-state index is 13.1. The van der Waals surface area contributed by atoms with Gasteiger partial charge in [-0.2, -0.15) is 0 Å². The fourth-order valence-electron chi connectivity index (χ4n) is 2.22. The highest BCUT2D eigenvalue weighted by atomic mass is 32.3. The standard InChI is InChI=1S/C14H23N3O5S2/c1-4-16(5-2)11-6-12-24(22,15-23(3,20)21)14-9-7-13(8-10-14)17(18)19/h7-10H,4-6,11-12H2,1-3H3. The molecule has 0 amide bonds. The Hall–Kier alpha value is -1.52. The number of nitro benzene ring substituents is 1. The van der Waals surface area contributed by atoms with Crippen LogP contribution in [0.5, 0.6) is 0 Å². The smallest absolute Gasteiger partial charge is 0.269 e. The van der Waals surface area contributed by atoms with Crippen LogP contribution < -0.4 is 0 Å². The van der Waals surface area contributed by atoms with Crippen molar-refractivity contribution in [2.24, 2.45) is 3.77 Å². The fourth-order valence-corrected chi connectivity index (χ4v) is 5.93. The minimum atomic E-state index is -3.82. The van der Waals surface area contributed by atoms with E-state index in [0.29, 0.717) is 13.0 Å². The molecule has 10 heteroatoms. The predicted octanol–water partition coefficient (Wildman–Crippen LogP) is 2.11. The number of sulfonamides is 1. The van der Waals surface area contributed by atoms with E-state index in [1.165, 1.54) is 24.3 Å². The van der Waals surface area contributed by atoms with Gasteiger partial charge in [-0.15, -0.1) is 3.77 Å². The first-order valence-corrected chi connectivity index (χ1v) is 11.1. The molecule has 1 aromatic rings. The van der Waals surface area contributed by atoms with Crippen molar-refractivity contribution in [3.8, 4) is 0 Å². The molecular formula is C14H23N3O5S2. The summed E-state index contributed by atoms with van der Waals surface area (Å²) in [4.78, 5) is 12.5. The molecule has 0 spiro atoms. The van der Waals surface area contributed by atoms with Gasteiger partial charge in [-0.3, -0.25) is 10.1 Å². The molecular weight excluding hydrogens is 354 g/mol. The average Bonchev–Trinajstić information content (AvgIpc) is 2.50. The van der Waals surface area contributed by atoms with Crippen LogP contribution in [0.4, 0.5) is 5.69 Å². The minimum Gasteiger partial charge on any atom is -0.304 e. The number of non-ortho nitro benzene ring substituents is 1. The second-order valence-electron chi connectivity index (χ2n) is 5.28. The Morgan fingerprint density at radius 3 is 2.08 bits per heavy atom. The number of benzene rings is 1. The van der Waals surface area contributed by atoms with Crippen LogP contribution >= 0.6 is 0 Å². The Balaban J connectivity index is 3.14. The maximum absolute atomic E-state index is 13.1. The van der Waals surface area contributed by atoms with E-state index in [1.54, 1.807) is 0 Å². The van der Waals surface area contributed by atoms with Crippen LogP contribution in [0.25, 0.3) is 0 Å².